The molecule has 156 valence electrons. The van der Waals surface area contributed by atoms with Crippen LogP contribution in [0.4, 0.5) is 14.6 Å². The number of methoxy groups -OCH3 is 1. The average molecular weight is 452 g/mol. The normalized spacial score (nSPS) is 18.4. The number of hydrogen-bond acceptors (Lipinski definition) is 5. The monoisotopic (exact) mass is 451 g/mol. The van der Waals surface area contributed by atoms with Crippen molar-refractivity contribution in [2.75, 3.05) is 25.1 Å². The van der Waals surface area contributed by atoms with Gasteiger partial charge >= 0.3 is 5.97 Å². The van der Waals surface area contributed by atoms with E-state index in [9.17, 15) is 13.6 Å². The molecule has 1 fully saturated rings. The number of halogens is 4. The number of anilines is 1. The number of esters is 1. The molecule has 1 saturated heterocycles. The van der Waals surface area contributed by atoms with Crippen LogP contribution in [0.5, 0.6) is 0 Å². The summed E-state index contributed by atoms with van der Waals surface area (Å²) in [5, 5.41) is 1.38. The molecule has 1 aliphatic heterocycles. The summed E-state index contributed by atoms with van der Waals surface area (Å²) in [6, 6.07) is 10.6. The lowest BCUT2D eigenvalue weighted by Gasteiger charge is -2.37. The van der Waals surface area contributed by atoms with E-state index in [0.717, 1.165) is 11.1 Å². The Morgan fingerprint density at radius 3 is 2.73 bits per heavy atom. The molecule has 4 rings (SSSR count). The Morgan fingerprint density at radius 1 is 1.20 bits per heavy atom. The van der Waals surface area contributed by atoms with E-state index in [1.807, 2.05) is 12.1 Å². The van der Waals surface area contributed by atoms with Crippen LogP contribution in [0.1, 0.15) is 6.42 Å². The van der Waals surface area contributed by atoms with Gasteiger partial charge in [0.1, 0.15) is 12.1 Å². The molecule has 0 radical (unpaired) electrons. The highest BCUT2D eigenvalue weighted by Crippen LogP contribution is 2.39. The minimum Gasteiger partial charge on any atom is -0.469 e. The first-order valence-electron chi connectivity index (χ1n) is 9.19. The second-order valence-electron chi connectivity index (χ2n) is 7.19. The summed E-state index contributed by atoms with van der Waals surface area (Å²) < 4.78 is 33.7. The van der Waals surface area contributed by atoms with E-state index in [4.69, 9.17) is 27.9 Å². The van der Waals surface area contributed by atoms with Crippen LogP contribution < -0.4 is 4.90 Å². The van der Waals surface area contributed by atoms with Crippen LogP contribution in [0.25, 0.3) is 22.0 Å². The zero-order chi connectivity index (χ0) is 21.5. The highest BCUT2D eigenvalue weighted by atomic mass is 35.5. The van der Waals surface area contributed by atoms with E-state index >= 15 is 0 Å². The molecule has 30 heavy (non-hydrogen) atoms. The third-order valence-electron chi connectivity index (χ3n) is 5.12. The van der Waals surface area contributed by atoms with Gasteiger partial charge in [-0.25, -0.2) is 18.7 Å². The van der Waals surface area contributed by atoms with E-state index in [-0.39, 0.29) is 6.54 Å². The van der Waals surface area contributed by atoms with Crippen molar-refractivity contribution >= 4 is 45.9 Å². The van der Waals surface area contributed by atoms with Gasteiger partial charge in [-0.1, -0.05) is 41.4 Å². The summed E-state index contributed by atoms with van der Waals surface area (Å²) in [5.41, 5.74) is 2.07. The molecule has 1 unspecified atom stereocenters. The Labute approximate surface area is 181 Å². The van der Waals surface area contributed by atoms with E-state index < -0.39 is 30.8 Å². The summed E-state index contributed by atoms with van der Waals surface area (Å²) >= 11 is 12.2. The smallest absolute Gasteiger partial charge is 0.310 e. The molecular weight excluding hydrogens is 435 g/mol. The van der Waals surface area contributed by atoms with Gasteiger partial charge in [0.25, 0.3) is 5.92 Å². The molecular formula is C21H17Cl2F2N3O2. The number of nitrogens with zero attached hydrogens (tertiary/aromatic N) is 3. The molecule has 0 saturated carbocycles. The lowest BCUT2D eigenvalue weighted by molar-refractivity contribution is -0.150. The van der Waals surface area contributed by atoms with Crippen LogP contribution in [0.2, 0.25) is 10.0 Å². The maximum atomic E-state index is 14.5. The largest absolute Gasteiger partial charge is 0.469 e. The Balaban J connectivity index is 1.87. The highest BCUT2D eigenvalue weighted by molar-refractivity contribution is 6.42. The van der Waals surface area contributed by atoms with Crippen molar-refractivity contribution in [3.05, 3.63) is 52.8 Å². The Bertz CT molecular complexity index is 1120. The van der Waals surface area contributed by atoms with Crippen molar-refractivity contribution < 1.29 is 18.3 Å². The number of hydrogen-bond donors (Lipinski definition) is 0. The zero-order valence-corrected chi connectivity index (χ0v) is 17.4. The zero-order valence-electron chi connectivity index (χ0n) is 15.9. The predicted octanol–water partition coefficient (Wildman–Crippen LogP) is 5.24. The lowest BCUT2D eigenvalue weighted by Crippen LogP contribution is -2.49. The third-order valence-corrected chi connectivity index (χ3v) is 5.85. The molecule has 0 amide bonds. The number of aromatic nitrogens is 2. The highest BCUT2D eigenvalue weighted by Gasteiger charge is 2.44. The second-order valence-corrected chi connectivity index (χ2v) is 8.00. The number of carbonyl (C=O) groups excluding carboxylic acids is 1. The van der Waals surface area contributed by atoms with Crippen molar-refractivity contribution in [1.29, 1.82) is 0 Å². The van der Waals surface area contributed by atoms with Gasteiger partial charge in [-0.05, 0) is 29.3 Å². The first-order chi connectivity index (χ1) is 14.3. The van der Waals surface area contributed by atoms with Gasteiger partial charge in [-0.15, -0.1) is 0 Å². The maximum Gasteiger partial charge on any atom is 0.310 e. The number of rotatable bonds is 3. The molecule has 9 heteroatoms. The molecule has 0 spiro atoms. The molecule has 1 aromatic heterocycles. The van der Waals surface area contributed by atoms with Crippen LogP contribution in [-0.2, 0) is 9.53 Å². The first kappa shape index (κ1) is 20.8. The number of carbonyl (C=O) groups is 1. The molecule has 0 aliphatic carbocycles. The molecule has 2 heterocycles. The predicted molar refractivity (Wildman–Crippen MR) is 112 cm³/mol. The fourth-order valence-corrected chi connectivity index (χ4v) is 4.12. The van der Waals surface area contributed by atoms with Gasteiger partial charge in [0.2, 0.25) is 0 Å². The van der Waals surface area contributed by atoms with Crippen molar-refractivity contribution in [2.45, 2.75) is 12.3 Å². The summed E-state index contributed by atoms with van der Waals surface area (Å²) in [6.45, 7) is -0.480. The van der Waals surface area contributed by atoms with Crippen LogP contribution in [0.15, 0.2) is 42.7 Å². The quantitative estimate of drug-likeness (QED) is 0.509. The number of benzene rings is 2. The van der Waals surface area contributed by atoms with E-state index in [1.54, 1.807) is 24.3 Å². The first-order valence-corrected chi connectivity index (χ1v) is 9.94. The molecule has 0 N–H and O–H groups in total. The summed E-state index contributed by atoms with van der Waals surface area (Å²) in [7, 11) is 1.20. The number of piperidine rings is 1. The van der Waals surface area contributed by atoms with Crippen molar-refractivity contribution in [1.82, 2.24) is 9.97 Å². The van der Waals surface area contributed by atoms with Crippen molar-refractivity contribution in [2.24, 2.45) is 5.92 Å². The fraction of sp³-hybridized carbons (Fsp3) is 0.286. The topological polar surface area (TPSA) is 55.3 Å². The molecule has 1 atom stereocenters. The Hall–Kier alpha value is -2.51. The summed E-state index contributed by atoms with van der Waals surface area (Å²) in [6.07, 6.45) is 0.773. The van der Waals surface area contributed by atoms with E-state index in [2.05, 4.69) is 9.97 Å². The van der Waals surface area contributed by atoms with Gasteiger partial charge in [0.15, 0.2) is 0 Å². The van der Waals surface area contributed by atoms with E-state index in [1.165, 1.54) is 18.3 Å². The summed E-state index contributed by atoms with van der Waals surface area (Å²) in [5.74, 6) is -4.36. The fourth-order valence-electron chi connectivity index (χ4n) is 3.82. The molecule has 5 nitrogen and oxygen atoms in total. The van der Waals surface area contributed by atoms with Gasteiger partial charge < -0.3 is 9.64 Å². The minimum absolute atomic E-state index is 0.0735. The van der Waals surface area contributed by atoms with Crippen molar-refractivity contribution in [3.8, 4) is 11.1 Å². The number of ether oxygens (including phenoxy) is 1. The van der Waals surface area contributed by atoms with Crippen LogP contribution in [-0.4, -0.2) is 42.1 Å². The molecule has 2 aromatic carbocycles. The lowest BCUT2D eigenvalue weighted by atomic mass is 9.94. The van der Waals surface area contributed by atoms with E-state index in [0.29, 0.717) is 26.8 Å². The van der Waals surface area contributed by atoms with Gasteiger partial charge in [-0.3, -0.25) is 4.79 Å². The molecule has 1 aliphatic rings. The van der Waals surface area contributed by atoms with Crippen LogP contribution in [0.3, 0.4) is 0 Å². The van der Waals surface area contributed by atoms with Gasteiger partial charge in [0, 0.05) is 13.0 Å². The summed E-state index contributed by atoms with van der Waals surface area (Å²) in [4.78, 5) is 22.0. The maximum absolute atomic E-state index is 14.5. The van der Waals surface area contributed by atoms with Crippen LogP contribution in [0, 0.1) is 5.92 Å². The number of alkyl halides is 2. The van der Waals surface area contributed by atoms with Crippen molar-refractivity contribution in [3.63, 3.8) is 0 Å². The number of fused-ring (bicyclic) bond motifs is 1. The Morgan fingerprint density at radius 2 is 2.00 bits per heavy atom. The van der Waals surface area contributed by atoms with Crippen LogP contribution >= 0.6 is 23.2 Å². The Kier molecular flexibility index (Phi) is 5.51. The van der Waals surface area contributed by atoms with Gasteiger partial charge in [0.05, 0.1) is 40.5 Å². The molecule has 3 aromatic rings. The standard InChI is InChI=1S/C21H17Cl2F2N3O2/c1-30-20(29)13-8-21(24,25)10-28(9-13)19-18-14(3-2-4-17(18)26-11-27-19)12-5-6-15(22)16(23)7-12/h2-7,11,13H,8-10H2,1H3. The third kappa shape index (κ3) is 3.91. The minimum atomic E-state index is -3.06. The average Bonchev–Trinajstić information content (AvgIpc) is 2.73. The molecule has 0 bridgehead atoms. The SMILES string of the molecule is COC(=O)C1CN(c2ncnc3cccc(-c4ccc(Cl)c(Cl)c4)c23)CC(F)(F)C1. The van der Waals surface area contributed by atoms with Gasteiger partial charge in [-0.2, -0.15) is 0 Å². The second kappa shape index (κ2) is 7.96.